The fourth-order valence-electron chi connectivity index (χ4n) is 1.37. The minimum absolute atomic E-state index is 0.747. The number of ether oxygens (including phenoxy) is 1. The van der Waals surface area contributed by atoms with Crippen molar-refractivity contribution in [3.8, 4) is 5.75 Å². The molecule has 78 valence electrons. The van der Waals surface area contributed by atoms with Crippen LogP contribution in [0.3, 0.4) is 0 Å². The van der Waals surface area contributed by atoms with Crippen molar-refractivity contribution in [3.63, 3.8) is 0 Å². The van der Waals surface area contributed by atoms with Crippen molar-refractivity contribution in [1.82, 2.24) is 4.90 Å². The summed E-state index contributed by atoms with van der Waals surface area (Å²) in [6.07, 6.45) is 0. The largest absolute Gasteiger partial charge is 0.496 e. The highest BCUT2D eigenvalue weighted by molar-refractivity contribution is 7.80. The summed E-state index contributed by atoms with van der Waals surface area (Å²) in [4.78, 5) is 2.13. The topological polar surface area (TPSA) is 12.5 Å². The minimum atomic E-state index is 0.747. The molecule has 0 aliphatic carbocycles. The fraction of sp³-hybridized carbons (Fsp3) is 0.455. The lowest BCUT2D eigenvalue weighted by Crippen LogP contribution is -2.16. The first-order valence-electron chi connectivity index (χ1n) is 4.60. The van der Waals surface area contributed by atoms with Crippen LogP contribution in [-0.4, -0.2) is 24.9 Å². The van der Waals surface area contributed by atoms with Gasteiger partial charge in [0.25, 0.3) is 0 Å². The summed E-state index contributed by atoms with van der Waals surface area (Å²) in [6.45, 7) is 2.96. The molecule has 0 heterocycles. The van der Waals surface area contributed by atoms with E-state index in [2.05, 4.69) is 36.6 Å². The van der Waals surface area contributed by atoms with E-state index in [1.165, 1.54) is 11.1 Å². The third kappa shape index (κ3) is 2.93. The van der Waals surface area contributed by atoms with Crippen molar-refractivity contribution in [1.29, 1.82) is 0 Å². The molecule has 0 bridgehead atoms. The van der Waals surface area contributed by atoms with Crippen LogP contribution in [0.4, 0.5) is 0 Å². The lowest BCUT2D eigenvalue weighted by atomic mass is 10.1. The van der Waals surface area contributed by atoms with Crippen molar-refractivity contribution in [2.24, 2.45) is 0 Å². The molecule has 0 fully saturated rings. The molecule has 14 heavy (non-hydrogen) atoms. The van der Waals surface area contributed by atoms with Gasteiger partial charge in [0.1, 0.15) is 5.75 Å². The lowest BCUT2D eigenvalue weighted by molar-refractivity contribution is 0.363. The zero-order chi connectivity index (χ0) is 10.6. The Morgan fingerprint density at radius 3 is 2.71 bits per heavy atom. The predicted molar refractivity (Wildman–Crippen MR) is 63.1 cm³/mol. The van der Waals surface area contributed by atoms with Crippen LogP contribution in [0.15, 0.2) is 18.2 Å². The van der Waals surface area contributed by atoms with Crippen LogP contribution in [0.1, 0.15) is 11.1 Å². The van der Waals surface area contributed by atoms with Crippen molar-refractivity contribution in [2.45, 2.75) is 13.5 Å². The van der Waals surface area contributed by atoms with Crippen LogP contribution in [0.25, 0.3) is 0 Å². The van der Waals surface area contributed by atoms with Crippen LogP contribution >= 0.6 is 12.6 Å². The van der Waals surface area contributed by atoms with Gasteiger partial charge in [-0.25, -0.2) is 0 Å². The van der Waals surface area contributed by atoms with E-state index in [-0.39, 0.29) is 0 Å². The average molecular weight is 211 g/mol. The van der Waals surface area contributed by atoms with Crippen LogP contribution in [0, 0.1) is 6.92 Å². The van der Waals surface area contributed by atoms with Gasteiger partial charge in [-0.1, -0.05) is 17.7 Å². The summed E-state index contributed by atoms with van der Waals surface area (Å²) in [6, 6.07) is 6.22. The molecule has 2 nitrogen and oxygen atoms in total. The smallest absolute Gasteiger partial charge is 0.123 e. The quantitative estimate of drug-likeness (QED) is 0.606. The first kappa shape index (κ1) is 11.4. The molecule has 0 aliphatic rings. The summed E-state index contributed by atoms with van der Waals surface area (Å²) >= 11 is 4.22. The van der Waals surface area contributed by atoms with E-state index in [9.17, 15) is 0 Å². The number of hydrogen-bond donors (Lipinski definition) is 1. The summed E-state index contributed by atoms with van der Waals surface area (Å²) in [5.41, 5.74) is 2.47. The van der Waals surface area contributed by atoms with Crippen molar-refractivity contribution in [3.05, 3.63) is 29.3 Å². The third-order valence-electron chi connectivity index (χ3n) is 2.12. The van der Waals surface area contributed by atoms with E-state index in [0.29, 0.717) is 0 Å². The van der Waals surface area contributed by atoms with E-state index in [1.54, 1.807) is 7.11 Å². The molecule has 0 radical (unpaired) electrons. The zero-order valence-electron chi connectivity index (χ0n) is 8.95. The molecule has 1 rings (SSSR count). The number of thiol groups is 1. The molecule has 0 amide bonds. The van der Waals surface area contributed by atoms with Gasteiger partial charge in [-0.15, -0.1) is 0 Å². The van der Waals surface area contributed by atoms with E-state index in [1.807, 2.05) is 13.1 Å². The Morgan fingerprint density at radius 1 is 1.43 bits per heavy atom. The van der Waals surface area contributed by atoms with Crippen LogP contribution in [0.2, 0.25) is 0 Å². The highest BCUT2D eigenvalue weighted by atomic mass is 32.1. The van der Waals surface area contributed by atoms with Gasteiger partial charge in [-0.2, -0.15) is 12.6 Å². The molecule has 0 saturated heterocycles. The molecule has 0 spiro atoms. The molecule has 1 aromatic rings. The van der Waals surface area contributed by atoms with Gasteiger partial charge in [0.2, 0.25) is 0 Å². The van der Waals surface area contributed by atoms with Gasteiger partial charge in [0.05, 0.1) is 7.11 Å². The minimum Gasteiger partial charge on any atom is -0.496 e. The molecule has 0 unspecified atom stereocenters. The van der Waals surface area contributed by atoms with Crippen LogP contribution in [0.5, 0.6) is 5.75 Å². The van der Waals surface area contributed by atoms with Gasteiger partial charge in [-0.3, -0.25) is 4.90 Å². The molecule has 1 aromatic carbocycles. The highest BCUT2D eigenvalue weighted by Crippen LogP contribution is 2.20. The van der Waals surface area contributed by atoms with Crippen molar-refractivity contribution < 1.29 is 4.74 Å². The van der Waals surface area contributed by atoms with Gasteiger partial charge >= 0.3 is 0 Å². The summed E-state index contributed by atoms with van der Waals surface area (Å²) in [5.74, 6) is 1.70. The zero-order valence-corrected chi connectivity index (χ0v) is 9.84. The average Bonchev–Trinajstić information content (AvgIpc) is 2.18. The van der Waals surface area contributed by atoms with Crippen molar-refractivity contribution >= 4 is 12.6 Å². The number of methoxy groups -OCH3 is 1. The number of nitrogens with zero attached hydrogens (tertiary/aromatic N) is 1. The van der Waals surface area contributed by atoms with E-state index in [4.69, 9.17) is 4.74 Å². The Bertz CT molecular complexity index is 301. The predicted octanol–water partition coefficient (Wildman–Crippen LogP) is 2.32. The molecular formula is C11H17NOS. The number of rotatable bonds is 4. The van der Waals surface area contributed by atoms with E-state index in [0.717, 1.165) is 18.2 Å². The molecule has 0 aromatic heterocycles. The second-order valence-corrected chi connectivity index (χ2v) is 3.75. The normalized spacial score (nSPS) is 10.6. The Kier molecular flexibility index (Phi) is 4.29. The second-order valence-electron chi connectivity index (χ2n) is 3.47. The molecule has 3 heteroatoms. The molecule has 0 N–H and O–H groups in total. The van der Waals surface area contributed by atoms with Crippen LogP contribution in [-0.2, 0) is 6.54 Å². The Hall–Kier alpha value is -0.670. The van der Waals surface area contributed by atoms with E-state index < -0.39 is 0 Å². The summed E-state index contributed by atoms with van der Waals surface area (Å²) in [5, 5.41) is 0. The number of hydrogen-bond acceptors (Lipinski definition) is 3. The van der Waals surface area contributed by atoms with Gasteiger partial charge in [-0.05, 0) is 20.0 Å². The van der Waals surface area contributed by atoms with Gasteiger partial charge in [0, 0.05) is 18.0 Å². The Balaban J connectivity index is 2.87. The fourth-order valence-corrected chi connectivity index (χ4v) is 1.47. The number of benzene rings is 1. The molecule has 0 saturated carbocycles. The lowest BCUT2D eigenvalue weighted by Gasteiger charge is -2.16. The molecule has 0 atom stereocenters. The molecule has 0 aliphatic heterocycles. The van der Waals surface area contributed by atoms with E-state index >= 15 is 0 Å². The summed E-state index contributed by atoms with van der Waals surface area (Å²) < 4.78 is 5.29. The monoisotopic (exact) mass is 211 g/mol. The summed E-state index contributed by atoms with van der Waals surface area (Å²) in [7, 11) is 3.74. The van der Waals surface area contributed by atoms with Gasteiger partial charge < -0.3 is 4.74 Å². The Morgan fingerprint density at radius 2 is 2.14 bits per heavy atom. The van der Waals surface area contributed by atoms with Crippen LogP contribution < -0.4 is 4.74 Å². The standard InChI is InChI=1S/C11H17NOS/c1-9-4-5-11(13-3)10(6-9)7-12(2)8-14/h4-6,14H,7-8H2,1-3H3. The van der Waals surface area contributed by atoms with Crippen molar-refractivity contribution in [2.75, 3.05) is 20.0 Å². The highest BCUT2D eigenvalue weighted by Gasteiger charge is 2.05. The Labute approximate surface area is 91.3 Å². The first-order valence-corrected chi connectivity index (χ1v) is 5.23. The van der Waals surface area contributed by atoms with Gasteiger partial charge in [0.15, 0.2) is 0 Å². The maximum Gasteiger partial charge on any atom is 0.123 e. The second kappa shape index (κ2) is 5.27. The number of aryl methyl sites for hydroxylation is 1. The third-order valence-corrected chi connectivity index (χ3v) is 2.60. The maximum absolute atomic E-state index is 5.29. The SMILES string of the molecule is COc1ccc(C)cc1CN(C)CS. The first-order chi connectivity index (χ1) is 6.67. The molecular weight excluding hydrogens is 194 g/mol. The maximum atomic E-state index is 5.29.